The summed E-state index contributed by atoms with van der Waals surface area (Å²) >= 11 is 1.09. The number of anilines is 2. The number of nitrogens with one attached hydrogen (secondary N) is 1. The van der Waals surface area contributed by atoms with Crippen molar-refractivity contribution in [2.45, 2.75) is 6.18 Å². The predicted octanol–water partition coefficient (Wildman–Crippen LogP) is 4.02. The zero-order valence-electron chi connectivity index (χ0n) is 17.8. The summed E-state index contributed by atoms with van der Waals surface area (Å²) in [5, 5.41) is 16.2. The maximum absolute atomic E-state index is 13.3. The Morgan fingerprint density at radius 3 is 2.66 bits per heavy atom. The molecule has 0 bridgehead atoms. The number of urea groups is 1. The van der Waals surface area contributed by atoms with Gasteiger partial charge in [0.25, 0.3) is 0 Å². The van der Waals surface area contributed by atoms with Gasteiger partial charge in [0.05, 0.1) is 56.7 Å². The second-order valence-corrected chi connectivity index (χ2v) is 8.93. The lowest BCUT2D eigenvalue weighted by atomic mass is 10.2. The SMILES string of the molecule is C[N+](C)(C)CCNC(=O)N(c1cccc(C(F)(F)F)c1)c1nc(-c2ccc[n+]([O-])c2)cs1. The fourth-order valence-corrected chi connectivity index (χ4v) is 3.67. The minimum absolute atomic E-state index is 0.0374. The fraction of sp³-hybridized carbons (Fsp3) is 0.286. The molecular formula is C21H23F3N5O2S+. The van der Waals surface area contributed by atoms with Gasteiger partial charge in [-0.25, -0.2) is 14.7 Å². The topological polar surface area (TPSA) is 72.2 Å². The van der Waals surface area contributed by atoms with Crippen LogP contribution in [0.5, 0.6) is 0 Å². The minimum Gasteiger partial charge on any atom is -0.619 e. The fourth-order valence-electron chi connectivity index (χ4n) is 2.82. The van der Waals surface area contributed by atoms with E-state index in [-0.39, 0.29) is 10.8 Å². The number of thiazole rings is 1. The molecular weight excluding hydrogens is 443 g/mol. The van der Waals surface area contributed by atoms with Crippen LogP contribution < -0.4 is 14.9 Å². The number of pyridine rings is 1. The molecule has 170 valence electrons. The Labute approximate surface area is 187 Å². The number of alkyl halides is 3. The average Bonchev–Trinajstić information content (AvgIpc) is 3.16. The molecule has 0 aliphatic rings. The van der Waals surface area contributed by atoms with Gasteiger partial charge in [-0.05, 0) is 24.3 Å². The van der Waals surface area contributed by atoms with Crippen molar-refractivity contribution in [1.82, 2.24) is 10.3 Å². The van der Waals surface area contributed by atoms with Crippen molar-refractivity contribution in [3.63, 3.8) is 0 Å². The Bertz CT molecular complexity index is 1100. The van der Waals surface area contributed by atoms with Crippen LogP contribution in [0.25, 0.3) is 11.3 Å². The molecule has 7 nitrogen and oxygen atoms in total. The number of carbonyl (C=O) groups excluding carboxylic acids is 1. The van der Waals surface area contributed by atoms with Gasteiger partial charge in [0.15, 0.2) is 17.5 Å². The molecule has 3 aromatic rings. The van der Waals surface area contributed by atoms with Crippen LogP contribution in [0.2, 0.25) is 0 Å². The molecule has 0 atom stereocenters. The number of rotatable bonds is 6. The molecule has 0 saturated heterocycles. The van der Waals surface area contributed by atoms with E-state index in [1.54, 1.807) is 17.5 Å². The van der Waals surface area contributed by atoms with Crippen molar-refractivity contribution in [1.29, 1.82) is 0 Å². The summed E-state index contributed by atoms with van der Waals surface area (Å²) in [4.78, 5) is 18.6. The number of amides is 2. The molecule has 32 heavy (non-hydrogen) atoms. The quantitative estimate of drug-likeness (QED) is 0.339. The van der Waals surface area contributed by atoms with E-state index in [4.69, 9.17) is 0 Å². The molecule has 0 unspecified atom stereocenters. The van der Waals surface area contributed by atoms with Crippen LogP contribution in [-0.4, -0.2) is 49.7 Å². The molecule has 0 aliphatic heterocycles. The van der Waals surface area contributed by atoms with E-state index in [9.17, 15) is 23.2 Å². The molecule has 3 rings (SSSR count). The first-order valence-electron chi connectivity index (χ1n) is 9.64. The molecule has 11 heteroatoms. The van der Waals surface area contributed by atoms with Crippen LogP contribution in [0.15, 0.2) is 54.2 Å². The average molecular weight is 467 g/mol. The van der Waals surface area contributed by atoms with E-state index in [2.05, 4.69) is 10.3 Å². The Kier molecular flexibility index (Phi) is 6.70. The Morgan fingerprint density at radius 2 is 2.00 bits per heavy atom. The van der Waals surface area contributed by atoms with Crippen molar-refractivity contribution in [2.24, 2.45) is 0 Å². The summed E-state index contributed by atoms with van der Waals surface area (Å²) in [5.41, 5.74) is 0.132. The first-order valence-corrected chi connectivity index (χ1v) is 10.5. The van der Waals surface area contributed by atoms with Crippen molar-refractivity contribution < 1.29 is 27.2 Å². The highest BCUT2D eigenvalue weighted by molar-refractivity contribution is 7.14. The number of likely N-dealkylation sites (N-methyl/N-ethyl adjacent to an activating group) is 1. The summed E-state index contributed by atoms with van der Waals surface area (Å²) in [7, 11) is 5.89. The van der Waals surface area contributed by atoms with Gasteiger partial charge in [0.2, 0.25) is 0 Å². The molecule has 2 heterocycles. The molecule has 1 aromatic carbocycles. The van der Waals surface area contributed by atoms with Crippen molar-refractivity contribution in [2.75, 3.05) is 39.1 Å². The van der Waals surface area contributed by atoms with E-state index >= 15 is 0 Å². The van der Waals surface area contributed by atoms with Gasteiger partial charge in [-0.3, -0.25) is 0 Å². The van der Waals surface area contributed by atoms with Gasteiger partial charge in [-0.15, -0.1) is 11.3 Å². The largest absolute Gasteiger partial charge is 0.619 e. The van der Waals surface area contributed by atoms with Gasteiger partial charge in [0, 0.05) is 11.4 Å². The van der Waals surface area contributed by atoms with Crippen molar-refractivity contribution in [3.05, 3.63) is 64.9 Å². The lowest BCUT2D eigenvalue weighted by molar-refractivity contribution is -0.869. The molecule has 0 radical (unpaired) electrons. The number of aromatic nitrogens is 2. The Balaban J connectivity index is 1.97. The number of hydrogen-bond acceptors (Lipinski definition) is 4. The summed E-state index contributed by atoms with van der Waals surface area (Å²) in [6.45, 7) is 0.948. The summed E-state index contributed by atoms with van der Waals surface area (Å²) in [6.07, 6.45) is -1.90. The highest BCUT2D eigenvalue weighted by Gasteiger charge is 2.32. The van der Waals surface area contributed by atoms with Gasteiger partial charge < -0.3 is 15.0 Å². The smallest absolute Gasteiger partial charge is 0.416 e. The highest BCUT2D eigenvalue weighted by Crippen LogP contribution is 2.36. The molecule has 0 spiro atoms. The van der Waals surface area contributed by atoms with E-state index in [0.717, 1.165) is 28.4 Å². The molecule has 2 aromatic heterocycles. The lowest BCUT2D eigenvalue weighted by Gasteiger charge is -2.25. The third kappa shape index (κ3) is 5.95. The van der Waals surface area contributed by atoms with Gasteiger partial charge in [-0.1, -0.05) is 6.07 Å². The van der Waals surface area contributed by atoms with Crippen LogP contribution in [-0.2, 0) is 6.18 Å². The van der Waals surface area contributed by atoms with E-state index in [0.29, 0.717) is 33.6 Å². The number of nitrogens with zero attached hydrogens (tertiary/aromatic N) is 4. The summed E-state index contributed by atoms with van der Waals surface area (Å²) in [6, 6.07) is 7.17. The van der Waals surface area contributed by atoms with E-state index in [1.807, 2.05) is 21.1 Å². The van der Waals surface area contributed by atoms with Gasteiger partial charge >= 0.3 is 12.2 Å². The minimum atomic E-state index is -4.55. The summed E-state index contributed by atoms with van der Waals surface area (Å²) < 4.78 is 41.0. The van der Waals surface area contributed by atoms with Crippen LogP contribution in [0, 0.1) is 5.21 Å². The van der Waals surface area contributed by atoms with Crippen LogP contribution in [0.3, 0.4) is 0 Å². The van der Waals surface area contributed by atoms with E-state index in [1.165, 1.54) is 24.5 Å². The Morgan fingerprint density at radius 1 is 1.25 bits per heavy atom. The third-order valence-corrected chi connectivity index (χ3v) is 5.27. The Hall–Kier alpha value is -3.18. The highest BCUT2D eigenvalue weighted by atomic mass is 32.1. The third-order valence-electron chi connectivity index (χ3n) is 4.45. The number of carbonyl (C=O) groups is 1. The number of benzene rings is 1. The molecule has 0 saturated carbocycles. The van der Waals surface area contributed by atoms with Gasteiger partial charge in [0.1, 0.15) is 0 Å². The zero-order valence-corrected chi connectivity index (χ0v) is 18.6. The van der Waals surface area contributed by atoms with Crippen molar-refractivity contribution >= 4 is 28.2 Å². The first kappa shape index (κ1) is 23.5. The number of halogens is 3. The molecule has 0 fully saturated rings. The second kappa shape index (κ2) is 9.13. The number of hydrogen-bond donors (Lipinski definition) is 1. The standard InChI is InChI=1S/C21H22F3N5O2S/c1-29(2,3)11-9-25-19(30)28(17-8-4-7-16(12-17)21(22,23)24)20-26-18(14-32-20)15-6-5-10-27(31)13-15/h4-8,10,12-14H,9,11H2,1-3H3/p+1. The van der Waals surface area contributed by atoms with Gasteiger partial charge in [-0.2, -0.15) is 17.9 Å². The van der Waals surface area contributed by atoms with E-state index < -0.39 is 17.8 Å². The van der Waals surface area contributed by atoms with Crippen molar-refractivity contribution in [3.8, 4) is 11.3 Å². The lowest BCUT2D eigenvalue weighted by Crippen LogP contribution is -2.45. The molecule has 1 N–H and O–H groups in total. The molecule has 2 amide bonds. The van der Waals surface area contributed by atoms with Crippen LogP contribution in [0.1, 0.15) is 5.56 Å². The van der Waals surface area contributed by atoms with Crippen LogP contribution in [0.4, 0.5) is 28.8 Å². The predicted molar refractivity (Wildman–Crippen MR) is 116 cm³/mol. The van der Waals surface area contributed by atoms with Crippen LogP contribution >= 0.6 is 11.3 Å². The normalized spacial score (nSPS) is 11.9. The zero-order chi connectivity index (χ0) is 23.5. The number of quaternary nitrogens is 1. The summed E-state index contributed by atoms with van der Waals surface area (Å²) in [5.74, 6) is 0. The first-order chi connectivity index (χ1) is 14.9. The monoisotopic (exact) mass is 466 g/mol. The maximum Gasteiger partial charge on any atom is 0.416 e. The maximum atomic E-state index is 13.3. The molecule has 0 aliphatic carbocycles. The second-order valence-electron chi connectivity index (χ2n) is 8.10.